The van der Waals surface area contributed by atoms with Crippen LogP contribution in [0.1, 0.15) is 30.1 Å². The summed E-state index contributed by atoms with van der Waals surface area (Å²) in [5.74, 6) is 0.820. The monoisotopic (exact) mass is 236 g/mol. The predicted molar refractivity (Wildman–Crippen MR) is 63.8 cm³/mol. The molecule has 0 aromatic heterocycles. The Balaban J connectivity index is 2.96. The first-order valence-corrected chi connectivity index (χ1v) is 5.33. The third-order valence-corrected chi connectivity index (χ3v) is 2.41. The third-order valence-electron chi connectivity index (χ3n) is 2.41. The molecule has 92 valence electrons. The maximum Gasteiger partial charge on any atom is 0.171 e. The van der Waals surface area contributed by atoms with Crippen molar-refractivity contribution in [3.63, 3.8) is 0 Å². The van der Waals surface area contributed by atoms with E-state index in [0.717, 1.165) is 0 Å². The summed E-state index contributed by atoms with van der Waals surface area (Å²) >= 11 is 0. The first kappa shape index (κ1) is 13.2. The van der Waals surface area contributed by atoms with Crippen molar-refractivity contribution in [2.75, 3.05) is 14.2 Å². The van der Waals surface area contributed by atoms with Crippen LogP contribution in [-0.4, -0.2) is 25.8 Å². The van der Waals surface area contributed by atoms with Gasteiger partial charge in [0, 0.05) is 12.8 Å². The number of benzene rings is 1. The molecule has 0 unspecified atom stereocenters. The molecule has 4 nitrogen and oxygen atoms in total. The lowest BCUT2D eigenvalue weighted by atomic mass is 10.0. The normalized spacial score (nSPS) is 9.82. The summed E-state index contributed by atoms with van der Waals surface area (Å²) in [4.78, 5) is 22.8. The summed E-state index contributed by atoms with van der Waals surface area (Å²) in [6.07, 6.45) is 0.443. The number of Topliss-reactive ketones (excluding diaryl/α,β-unsaturated/α-hetero) is 2. The number of ketones is 2. The highest BCUT2D eigenvalue weighted by atomic mass is 16.5. The molecule has 0 fully saturated rings. The van der Waals surface area contributed by atoms with Gasteiger partial charge >= 0.3 is 0 Å². The van der Waals surface area contributed by atoms with E-state index in [1.807, 2.05) is 0 Å². The number of para-hydroxylation sites is 1. The minimum Gasteiger partial charge on any atom is -0.493 e. The van der Waals surface area contributed by atoms with Crippen LogP contribution in [-0.2, 0) is 4.79 Å². The second kappa shape index (κ2) is 6.03. The largest absolute Gasteiger partial charge is 0.493 e. The summed E-state index contributed by atoms with van der Waals surface area (Å²) in [6, 6.07) is 5.12. The molecule has 0 radical (unpaired) electrons. The van der Waals surface area contributed by atoms with E-state index in [2.05, 4.69) is 0 Å². The molecule has 0 bridgehead atoms. The number of carbonyl (C=O) groups excluding carboxylic acids is 2. The Labute approximate surface area is 101 Å². The molecule has 17 heavy (non-hydrogen) atoms. The predicted octanol–water partition coefficient (Wildman–Crippen LogP) is 2.26. The van der Waals surface area contributed by atoms with Gasteiger partial charge in [-0.15, -0.1) is 0 Å². The fraction of sp³-hybridized carbons (Fsp3) is 0.385. The highest BCUT2D eigenvalue weighted by Crippen LogP contribution is 2.31. The van der Waals surface area contributed by atoms with Crippen LogP contribution in [0.25, 0.3) is 0 Å². The van der Waals surface area contributed by atoms with Crippen molar-refractivity contribution in [2.45, 2.75) is 19.8 Å². The van der Waals surface area contributed by atoms with E-state index in [9.17, 15) is 9.59 Å². The summed E-state index contributed by atoms with van der Waals surface area (Å²) in [5, 5.41) is 0. The van der Waals surface area contributed by atoms with Gasteiger partial charge in [0.1, 0.15) is 5.78 Å². The van der Waals surface area contributed by atoms with Crippen molar-refractivity contribution < 1.29 is 19.1 Å². The van der Waals surface area contributed by atoms with Crippen LogP contribution < -0.4 is 9.47 Å². The molecule has 0 N–H and O–H groups in total. The molecule has 1 aromatic carbocycles. The van der Waals surface area contributed by atoms with Gasteiger partial charge in [0.25, 0.3) is 0 Å². The number of hydrogen-bond donors (Lipinski definition) is 0. The number of carbonyl (C=O) groups is 2. The molecule has 0 amide bonds. The van der Waals surface area contributed by atoms with Crippen molar-refractivity contribution in [3.8, 4) is 11.5 Å². The molecule has 0 spiro atoms. The van der Waals surface area contributed by atoms with E-state index in [1.165, 1.54) is 21.1 Å². The number of methoxy groups -OCH3 is 2. The average Bonchev–Trinajstić information content (AvgIpc) is 2.34. The first-order chi connectivity index (χ1) is 8.10. The smallest absolute Gasteiger partial charge is 0.171 e. The van der Waals surface area contributed by atoms with Gasteiger partial charge in [0.15, 0.2) is 17.3 Å². The fourth-order valence-corrected chi connectivity index (χ4v) is 1.53. The minimum atomic E-state index is -0.115. The molecule has 1 rings (SSSR count). The van der Waals surface area contributed by atoms with Gasteiger partial charge in [-0.05, 0) is 19.1 Å². The Bertz CT molecular complexity index is 423. The Morgan fingerprint density at radius 1 is 1.12 bits per heavy atom. The molecule has 0 aliphatic heterocycles. The van der Waals surface area contributed by atoms with Crippen molar-refractivity contribution >= 4 is 11.6 Å². The second-order valence-electron chi connectivity index (χ2n) is 3.67. The van der Waals surface area contributed by atoms with Gasteiger partial charge in [0.2, 0.25) is 0 Å². The second-order valence-corrected chi connectivity index (χ2v) is 3.67. The molecular weight excluding hydrogens is 220 g/mol. The maximum atomic E-state index is 11.9. The Kier molecular flexibility index (Phi) is 4.69. The Morgan fingerprint density at radius 3 is 2.35 bits per heavy atom. The zero-order valence-electron chi connectivity index (χ0n) is 10.3. The van der Waals surface area contributed by atoms with Crippen LogP contribution in [0, 0.1) is 0 Å². The average molecular weight is 236 g/mol. The molecule has 0 aliphatic carbocycles. The highest BCUT2D eigenvalue weighted by Gasteiger charge is 2.16. The lowest BCUT2D eigenvalue weighted by Gasteiger charge is -2.11. The van der Waals surface area contributed by atoms with Crippen molar-refractivity contribution in [1.29, 1.82) is 0 Å². The lowest BCUT2D eigenvalue weighted by Crippen LogP contribution is -2.05. The van der Waals surface area contributed by atoms with E-state index in [0.29, 0.717) is 17.1 Å². The van der Waals surface area contributed by atoms with Crippen LogP contribution in [0.3, 0.4) is 0 Å². The van der Waals surface area contributed by atoms with Crippen LogP contribution in [0.5, 0.6) is 11.5 Å². The first-order valence-electron chi connectivity index (χ1n) is 5.33. The van der Waals surface area contributed by atoms with Crippen molar-refractivity contribution in [2.24, 2.45) is 0 Å². The Morgan fingerprint density at radius 2 is 1.82 bits per heavy atom. The number of rotatable bonds is 6. The van der Waals surface area contributed by atoms with Gasteiger partial charge in [-0.1, -0.05) is 6.07 Å². The van der Waals surface area contributed by atoms with Crippen molar-refractivity contribution in [1.82, 2.24) is 0 Å². The minimum absolute atomic E-state index is 0.000197. The molecular formula is C13H16O4. The summed E-state index contributed by atoms with van der Waals surface area (Å²) in [6.45, 7) is 1.47. The Hall–Kier alpha value is -1.84. The van der Waals surface area contributed by atoms with Crippen LogP contribution in [0.15, 0.2) is 18.2 Å². The number of hydrogen-bond acceptors (Lipinski definition) is 4. The fourth-order valence-electron chi connectivity index (χ4n) is 1.53. The zero-order valence-corrected chi connectivity index (χ0v) is 10.3. The van der Waals surface area contributed by atoms with Crippen LogP contribution >= 0.6 is 0 Å². The quantitative estimate of drug-likeness (QED) is 0.711. The maximum absolute atomic E-state index is 11.9. The van der Waals surface area contributed by atoms with Crippen LogP contribution in [0.4, 0.5) is 0 Å². The molecule has 0 saturated heterocycles. The van der Waals surface area contributed by atoms with Crippen molar-refractivity contribution in [3.05, 3.63) is 23.8 Å². The van der Waals surface area contributed by atoms with E-state index >= 15 is 0 Å². The molecule has 0 saturated carbocycles. The molecule has 0 heterocycles. The summed E-state index contributed by atoms with van der Waals surface area (Å²) in [5.41, 5.74) is 0.452. The lowest BCUT2D eigenvalue weighted by molar-refractivity contribution is -0.116. The highest BCUT2D eigenvalue weighted by molar-refractivity contribution is 6.00. The third kappa shape index (κ3) is 3.31. The van der Waals surface area contributed by atoms with Gasteiger partial charge in [0.05, 0.1) is 19.8 Å². The van der Waals surface area contributed by atoms with E-state index in [-0.39, 0.29) is 24.4 Å². The van der Waals surface area contributed by atoms with E-state index < -0.39 is 0 Å². The van der Waals surface area contributed by atoms with Crippen LogP contribution in [0.2, 0.25) is 0 Å². The zero-order chi connectivity index (χ0) is 12.8. The van der Waals surface area contributed by atoms with Gasteiger partial charge in [-0.2, -0.15) is 0 Å². The number of ether oxygens (including phenoxy) is 2. The molecule has 0 atom stereocenters. The summed E-state index contributed by atoms with van der Waals surface area (Å²) < 4.78 is 10.3. The summed E-state index contributed by atoms with van der Waals surface area (Å²) in [7, 11) is 3.00. The topological polar surface area (TPSA) is 52.6 Å². The van der Waals surface area contributed by atoms with Gasteiger partial charge in [-0.25, -0.2) is 0 Å². The molecule has 4 heteroatoms. The van der Waals surface area contributed by atoms with Gasteiger partial charge in [-0.3, -0.25) is 4.79 Å². The molecule has 0 aliphatic rings. The SMILES string of the molecule is COc1cccc(C(=O)CCC(C)=O)c1OC. The van der Waals surface area contributed by atoms with Gasteiger partial charge < -0.3 is 14.3 Å². The van der Waals surface area contributed by atoms with E-state index in [4.69, 9.17) is 9.47 Å². The van der Waals surface area contributed by atoms with E-state index in [1.54, 1.807) is 18.2 Å². The standard InChI is InChI=1S/C13H16O4/c1-9(14)7-8-11(15)10-5-4-6-12(16-2)13(10)17-3/h4-6H,7-8H2,1-3H3. The molecule has 1 aromatic rings.